The first kappa shape index (κ1) is 9.84. The maximum atomic E-state index is 11.1. The standard InChI is InChI=1S/C6H9N5O3/c7-2(12)1-11-3(5(9)13)4(8)10-6(11)14/h1,8H2,(H2,7,12)(H2,9,13)(H,10,14). The highest BCUT2D eigenvalue weighted by molar-refractivity contribution is 5.95. The molecule has 0 aliphatic heterocycles. The van der Waals surface area contributed by atoms with Crippen molar-refractivity contribution in [3.8, 4) is 0 Å². The molecule has 0 aromatic carbocycles. The summed E-state index contributed by atoms with van der Waals surface area (Å²) in [6.45, 7) is -0.440. The van der Waals surface area contributed by atoms with Gasteiger partial charge in [-0.2, -0.15) is 0 Å². The predicted octanol–water partition coefficient (Wildman–Crippen LogP) is -2.66. The molecule has 0 radical (unpaired) electrons. The van der Waals surface area contributed by atoms with Crippen LogP contribution in [0.2, 0.25) is 0 Å². The molecule has 1 aromatic heterocycles. The van der Waals surface area contributed by atoms with Gasteiger partial charge >= 0.3 is 5.69 Å². The highest BCUT2D eigenvalue weighted by Crippen LogP contribution is 2.04. The third-order valence-electron chi connectivity index (χ3n) is 1.56. The lowest BCUT2D eigenvalue weighted by Crippen LogP contribution is -2.30. The number of nitrogens with two attached hydrogens (primary N) is 3. The van der Waals surface area contributed by atoms with Crippen molar-refractivity contribution in [1.29, 1.82) is 0 Å². The number of imidazole rings is 1. The zero-order valence-electron chi connectivity index (χ0n) is 7.11. The normalized spacial score (nSPS) is 10.0. The lowest BCUT2D eigenvalue weighted by Gasteiger charge is -2.00. The first-order chi connectivity index (χ1) is 6.43. The van der Waals surface area contributed by atoms with Crippen LogP contribution in [0.15, 0.2) is 4.79 Å². The number of aromatic nitrogens is 2. The average Bonchev–Trinajstić information content (AvgIpc) is 2.25. The third-order valence-corrected chi connectivity index (χ3v) is 1.56. The zero-order chi connectivity index (χ0) is 10.9. The largest absolute Gasteiger partial charge is 0.383 e. The van der Waals surface area contributed by atoms with E-state index < -0.39 is 24.0 Å². The number of nitrogens with one attached hydrogen (secondary N) is 1. The summed E-state index contributed by atoms with van der Waals surface area (Å²) in [5, 5.41) is 0. The van der Waals surface area contributed by atoms with Crippen LogP contribution in [0.25, 0.3) is 0 Å². The van der Waals surface area contributed by atoms with Crippen LogP contribution in [0.1, 0.15) is 10.5 Å². The Morgan fingerprint density at radius 1 is 1.36 bits per heavy atom. The van der Waals surface area contributed by atoms with Gasteiger partial charge in [0.25, 0.3) is 5.91 Å². The summed E-state index contributed by atoms with van der Waals surface area (Å²) in [4.78, 5) is 34.7. The van der Waals surface area contributed by atoms with Crippen LogP contribution in [-0.2, 0) is 11.3 Å². The summed E-state index contributed by atoms with van der Waals surface area (Å²) in [6, 6.07) is 0. The number of nitrogen functional groups attached to an aromatic ring is 1. The Labute approximate surface area is 77.7 Å². The van der Waals surface area contributed by atoms with E-state index in [1.54, 1.807) is 0 Å². The van der Waals surface area contributed by atoms with Crippen molar-refractivity contribution >= 4 is 17.6 Å². The fraction of sp³-hybridized carbons (Fsp3) is 0.167. The summed E-state index contributed by atoms with van der Waals surface area (Å²) in [7, 11) is 0. The lowest BCUT2D eigenvalue weighted by atomic mass is 10.4. The maximum Gasteiger partial charge on any atom is 0.328 e. The minimum atomic E-state index is -0.901. The second kappa shape index (κ2) is 3.24. The number of H-pyrrole nitrogens is 1. The van der Waals surface area contributed by atoms with Crippen LogP contribution in [0.3, 0.4) is 0 Å². The van der Waals surface area contributed by atoms with Crippen LogP contribution >= 0.6 is 0 Å². The number of rotatable bonds is 3. The number of carbonyl (C=O) groups excluding carboxylic acids is 2. The van der Waals surface area contributed by atoms with Gasteiger partial charge in [0.05, 0.1) is 0 Å². The molecular weight excluding hydrogens is 190 g/mol. The molecule has 2 amide bonds. The number of hydrogen-bond donors (Lipinski definition) is 4. The van der Waals surface area contributed by atoms with Gasteiger partial charge in [-0.25, -0.2) is 4.79 Å². The van der Waals surface area contributed by atoms with Gasteiger partial charge in [0.2, 0.25) is 5.91 Å². The summed E-state index contributed by atoms with van der Waals surface area (Å²) >= 11 is 0. The SMILES string of the molecule is NC(=O)Cn1c(C(N)=O)c(N)[nH]c1=O. The maximum absolute atomic E-state index is 11.1. The number of aromatic amines is 1. The molecule has 0 saturated heterocycles. The van der Waals surface area contributed by atoms with E-state index >= 15 is 0 Å². The van der Waals surface area contributed by atoms with E-state index in [2.05, 4.69) is 4.98 Å². The first-order valence-corrected chi connectivity index (χ1v) is 3.60. The Bertz CT molecular complexity index is 443. The smallest absolute Gasteiger partial charge is 0.328 e. The molecule has 8 nitrogen and oxygen atoms in total. The number of amides is 2. The highest BCUT2D eigenvalue weighted by atomic mass is 16.2. The summed E-state index contributed by atoms with van der Waals surface area (Å²) < 4.78 is 0.792. The molecule has 1 rings (SSSR count). The number of nitrogens with zero attached hydrogens (tertiary/aromatic N) is 1. The fourth-order valence-corrected chi connectivity index (χ4v) is 1.06. The Kier molecular flexibility index (Phi) is 2.28. The van der Waals surface area contributed by atoms with Crippen molar-refractivity contribution in [3.63, 3.8) is 0 Å². The molecule has 0 unspecified atom stereocenters. The molecule has 0 aliphatic rings. The van der Waals surface area contributed by atoms with Gasteiger partial charge in [0.1, 0.15) is 12.4 Å². The van der Waals surface area contributed by atoms with Crippen LogP contribution in [-0.4, -0.2) is 21.4 Å². The van der Waals surface area contributed by atoms with E-state index in [4.69, 9.17) is 17.2 Å². The van der Waals surface area contributed by atoms with Crippen LogP contribution in [0, 0.1) is 0 Å². The van der Waals surface area contributed by atoms with E-state index in [-0.39, 0.29) is 11.5 Å². The van der Waals surface area contributed by atoms with Crippen molar-refractivity contribution in [3.05, 3.63) is 16.2 Å². The molecule has 7 N–H and O–H groups in total. The van der Waals surface area contributed by atoms with E-state index in [0.29, 0.717) is 0 Å². The van der Waals surface area contributed by atoms with E-state index in [9.17, 15) is 14.4 Å². The third kappa shape index (κ3) is 1.58. The molecule has 0 bridgehead atoms. The molecular formula is C6H9N5O3. The molecule has 14 heavy (non-hydrogen) atoms. The van der Waals surface area contributed by atoms with Gasteiger partial charge in [-0.1, -0.05) is 0 Å². The average molecular weight is 199 g/mol. The Balaban J connectivity index is 3.32. The van der Waals surface area contributed by atoms with Crippen molar-refractivity contribution in [2.75, 3.05) is 5.73 Å². The van der Waals surface area contributed by atoms with Gasteiger partial charge < -0.3 is 17.2 Å². The van der Waals surface area contributed by atoms with Gasteiger partial charge in [-0.05, 0) is 0 Å². The zero-order valence-corrected chi connectivity index (χ0v) is 7.11. The summed E-state index contributed by atoms with van der Waals surface area (Å²) in [5.41, 5.74) is 14.2. The Morgan fingerprint density at radius 2 is 1.93 bits per heavy atom. The van der Waals surface area contributed by atoms with E-state index in [1.165, 1.54) is 0 Å². The van der Waals surface area contributed by atoms with E-state index in [1.807, 2.05) is 0 Å². The van der Waals surface area contributed by atoms with Crippen LogP contribution in [0.5, 0.6) is 0 Å². The van der Waals surface area contributed by atoms with E-state index in [0.717, 1.165) is 4.57 Å². The molecule has 8 heteroatoms. The fourth-order valence-electron chi connectivity index (χ4n) is 1.06. The summed E-state index contributed by atoms with van der Waals surface area (Å²) in [5.74, 6) is -1.85. The predicted molar refractivity (Wildman–Crippen MR) is 47.2 cm³/mol. The minimum absolute atomic E-state index is 0.177. The molecule has 0 fully saturated rings. The van der Waals surface area contributed by atoms with Gasteiger partial charge in [0.15, 0.2) is 5.69 Å². The molecule has 76 valence electrons. The Hall–Kier alpha value is -2.25. The molecule has 1 heterocycles. The topological polar surface area (TPSA) is 150 Å². The molecule has 0 saturated carbocycles. The minimum Gasteiger partial charge on any atom is -0.383 e. The second-order valence-corrected chi connectivity index (χ2v) is 2.61. The lowest BCUT2D eigenvalue weighted by molar-refractivity contribution is -0.118. The van der Waals surface area contributed by atoms with Gasteiger partial charge in [-0.15, -0.1) is 0 Å². The molecule has 0 atom stereocenters. The quantitative estimate of drug-likeness (QED) is 0.420. The number of carbonyl (C=O) groups is 2. The molecule has 0 aliphatic carbocycles. The van der Waals surface area contributed by atoms with Crippen LogP contribution < -0.4 is 22.9 Å². The number of primary amides is 2. The number of hydrogen-bond acceptors (Lipinski definition) is 4. The van der Waals surface area contributed by atoms with Crippen molar-refractivity contribution < 1.29 is 9.59 Å². The molecule has 0 spiro atoms. The van der Waals surface area contributed by atoms with Gasteiger partial charge in [0, 0.05) is 0 Å². The first-order valence-electron chi connectivity index (χ1n) is 3.60. The van der Waals surface area contributed by atoms with Crippen molar-refractivity contribution in [2.24, 2.45) is 11.5 Å². The van der Waals surface area contributed by atoms with Crippen LogP contribution in [0.4, 0.5) is 5.82 Å². The number of anilines is 1. The highest BCUT2D eigenvalue weighted by Gasteiger charge is 2.17. The monoisotopic (exact) mass is 199 g/mol. The second-order valence-electron chi connectivity index (χ2n) is 2.61. The Morgan fingerprint density at radius 3 is 2.36 bits per heavy atom. The van der Waals surface area contributed by atoms with Gasteiger partial charge in [-0.3, -0.25) is 19.1 Å². The van der Waals surface area contributed by atoms with Crippen molar-refractivity contribution in [2.45, 2.75) is 6.54 Å². The van der Waals surface area contributed by atoms with Crippen molar-refractivity contribution in [1.82, 2.24) is 9.55 Å². The summed E-state index contributed by atoms with van der Waals surface area (Å²) in [6.07, 6.45) is 0. The molecule has 1 aromatic rings.